The number of hydrogen-bond donors (Lipinski definition) is 0. The van der Waals surface area contributed by atoms with Crippen molar-refractivity contribution in [3.05, 3.63) is 29.8 Å². The van der Waals surface area contributed by atoms with E-state index in [4.69, 9.17) is 8.92 Å². The van der Waals surface area contributed by atoms with Crippen molar-refractivity contribution in [1.82, 2.24) is 9.80 Å². The third kappa shape index (κ3) is 7.07. The van der Waals surface area contributed by atoms with Crippen LogP contribution < -0.4 is 0 Å². The molecule has 7 nitrogen and oxygen atoms in total. The lowest BCUT2D eigenvalue weighted by atomic mass is 10.2. The Kier molecular flexibility index (Phi) is 7.47. The molecule has 0 N–H and O–H groups in total. The summed E-state index contributed by atoms with van der Waals surface area (Å²) < 4.78 is 35.4. The zero-order valence-corrected chi connectivity index (χ0v) is 18.3. The molecule has 1 amide bonds. The van der Waals surface area contributed by atoms with E-state index in [0.717, 1.165) is 18.7 Å². The first-order chi connectivity index (χ1) is 13.0. The van der Waals surface area contributed by atoms with Crippen LogP contribution in [0.2, 0.25) is 0 Å². The van der Waals surface area contributed by atoms with E-state index in [9.17, 15) is 13.2 Å². The van der Waals surface area contributed by atoms with Gasteiger partial charge in [0.15, 0.2) is 0 Å². The highest BCUT2D eigenvalue weighted by molar-refractivity contribution is 7.86. The minimum atomic E-state index is -3.75. The molecule has 28 heavy (non-hydrogen) atoms. The summed E-state index contributed by atoms with van der Waals surface area (Å²) in [5.41, 5.74) is 0.502. The van der Waals surface area contributed by atoms with Crippen LogP contribution in [0, 0.1) is 6.92 Å². The van der Waals surface area contributed by atoms with Gasteiger partial charge >= 0.3 is 6.09 Å². The van der Waals surface area contributed by atoms with Crippen molar-refractivity contribution in [2.75, 3.05) is 32.7 Å². The molecule has 1 saturated heterocycles. The quantitative estimate of drug-likeness (QED) is 0.669. The topological polar surface area (TPSA) is 76.2 Å². The highest BCUT2D eigenvalue weighted by Gasteiger charge is 2.26. The molecule has 0 aromatic heterocycles. The average molecular weight is 413 g/mol. The fraction of sp³-hybridized carbons (Fsp3) is 0.650. The van der Waals surface area contributed by atoms with Gasteiger partial charge in [0.05, 0.1) is 11.0 Å². The molecule has 2 rings (SSSR count). The van der Waals surface area contributed by atoms with Gasteiger partial charge in [0.25, 0.3) is 10.1 Å². The molecule has 1 heterocycles. The van der Waals surface area contributed by atoms with Crippen LogP contribution in [0.15, 0.2) is 29.2 Å². The van der Waals surface area contributed by atoms with Crippen LogP contribution in [-0.4, -0.2) is 68.7 Å². The molecule has 0 unspecified atom stereocenters. The lowest BCUT2D eigenvalue weighted by Gasteiger charge is -2.35. The van der Waals surface area contributed by atoms with Crippen LogP contribution in [0.1, 0.15) is 39.7 Å². The Morgan fingerprint density at radius 3 is 2.21 bits per heavy atom. The highest BCUT2D eigenvalue weighted by atomic mass is 32.2. The summed E-state index contributed by atoms with van der Waals surface area (Å²) in [6.07, 6.45) is -0.111. The zero-order valence-electron chi connectivity index (χ0n) is 17.5. The molecule has 0 radical (unpaired) electrons. The summed E-state index contributed by atoms with van der Waals surface area (Å²) in [4.78, 5) is 16.2. The van der Waals surface area contributed by atoms with Gasteiger partial charge in [-0.05, 0) is 53.2 Å². The van der Waals surface area contributed by atoms with E-state index in [1.54, 1.807) is 36.1 Å². The van der Waals surface area contributed by atoms with Crippen molar-refractivity contribution in [3.63, 3.8) is 0 Å². The van der Waals surface area contributed by atoms with Crippen molar-refractivity contribution in [2.24, 2.45) is 0 Å². The number of hydrogen-bond acceptors (Lipinski definition) is 6. The smallest absolute Gasteiger partial charge is 0.410 e. The van der Waals surface area contributed by atoms with E-state index in [1.165, 1.54) is 0 Å². The first-order valence-electron chi connectivity index (χ1n) is 9.66. The maximum absolute atomic E-state index is 12.3. The van der Waals surface area contributed by atoms with E-state index in [0.29, 0.717) is 26.1 Å². The van der Waals surface area contributed by atoms with Crippen LogP contribution in [-0.2, 0) is 19.0 Å². The Hall–Kier alpha value is -1.64. The standard InChI is InChI=1S/C20H32N2O5S/c1-16-6-8-18(9-7-16)28(24,25)27-17(2)10-11-21-12-14-22(15-13-21)19(23)26-20(3,4)5/h6-9,17H,10-15H2,1-5H3/t17-/m1/s1. The monoisotopic (exact) mass is 412 g/mol. The summed E-state index contributed by atoms with van der Waals surface area (Å²) in [7, 11) is -3.75. The van der Waals surface area contributed by atoms with Gasteiger partial charge in [0.1, 0.15) is 5.60 Å². The number of ether oxygens (including phenoxy) is 1. The van der Waals surface area contributed by atoms with Crippen LogP contribution in [0.5, 0.6) is 0 Å². The molecule has 8 heteroatoms. The molecular formula is C20H32N2O5S. The van der Waals surface area contributed by atoms with E-state index in [2.05, 4.69) is 4.90 Å². The van der Waals surface area contributed by atoms with Crippen molar-refractivity contribution in [3.8, 4) is 0 Å². The van der Waals surface area contributed by atoms with E-state index >= 15 is 0 Å². The van der Waals surface area contributed by atoms with Gasteiger partial charge in [-0.1, -0.05) is 17.7 Å². The molecule has 1 aliphatic heterocycles. The fourth-order valence-corrected chi connectivity index (χ4v) is 3.98. The Morgan fingerprint density at radius 1 is 1.11 bits per heavy atom. The van der Waals surface area contributed by atoms with Crippen LogP contribution in [0.4, 0.5) is 4.79 Å². The first-order valence-corrected chi connectivity index (χ1v) is 11.1. The maximum Gasteiger partial charge on any atom is 0.410 e. The summed E-state index contributed by atoms with van der Waals surface area (Å²) in [5.74, 6) is 0. The Labute approximate surface area is 168 Å². The van der Waals surface area contributed by atoms with Crippen LogP contribution in [0.3, 0.4) is 0 Å². The number of carbonyl (C=O) groups excluding carboxylic acids is 1. The molecule has 0 spiro atoms. The average Bonchev–Trinajstić information content (AvgIpc) is 2.59. The number of amides is 1. The van der Waals surface area contributed by atoms with Crippen LogP contribution in [0.25, 0.3) is 0 Å². The highest BCUT2D eigenvalue weighted by Crippen LogP contribution is 2.17. The minimum absolute atomic E-state index is 0.177. The predicted molar refractivity (Wildman–Crippen MR) is 108 cm³/mol. The largest absolute Gasteiger partial charge is 0.444 e. The Bertz CT molecular complexity index is 748. The summed E-state index contributed by atoms with van der Waals surface area (Å²) in [6.45, 7) is 12.6. The second-order valence-corrected chi connectivity index (χ2v) is 9.84. The molecule has 0 bridgehead atoms. The predicted octanol–water partition coefficient (Wildman–Crippen LogP) is 3.03. The lowest BCUT2D eigenvalue weighted by molar-refractivity contribution is 0.0137. The molecule has 1 atom stereocenters. The number of piperazine rings is 1. The van der Waals surface area contributed by atoms with Gasteiger partial charge in [-0.3, -0.25) is 9.08 Å². The molecule has 1 aromatic rings. The van der Waals surface area contributed by atoms with Gasteiger partial charge in [0, 0.05) is 32.7 Å². The van der Waals surface area contributed by atoms with Gasteiger partial charge in [0.2, 0.25) is 0 Å². The van der Waals surface area contributed by atoms with Crippen molar-refractivity contribution in [2.45, 2.75) is 57.6 Å². The second kappa shape index (κ2) is 9.24. The van der Waals surface area contributed by atoms with E-state index in [-0.39, 0.29) is 11.0 Å². The molecule has 0 saturated carbocycles. The summed E-state index contributed by atoms with van der Waals surface area (Å²) in [5, 5.41) is 0. The molecule has 1 aliphatic rings. The maximum atomic E-state index is 12.3. The molecule has 1 fully saturated rings. The van der Waals surface area contributed by atoms with Gasteiger partial charge < -0.3 is 9.64 Å². The summed E-state index contributed by atoms with van der Waals surface area (Å²) >= 11 is 0. The normalized spacial score (nSPS) is 17.4. The fourth-order valence-electron chi connectivity index (χ4n) is 2.87. The second-order valence-electron chi connectivity index (χ2n) is 8.27. The van der Waals surface area contributed by atoms with Crippen molar-refractivity contribution < 1.29 is 22.1 Å². The zero-order chi connectivity index (χ0) is 20.9. The summed E-state index contributed by atoms with van der Waals surface area (Å²) in [6, 6.07) is 6.64. The number of aryl methyl sites for hydroxylation is 1. The SMILES string of the molecule is Cc1ccc(S(=O)(=O)O[C@H](C)CCN2CCN(C(=O)OC(C)(C)C)CC2)cc1. The van der Waals surface area contributed by atoms with Crippen LogP contribution >= 0.6 is 0 Å². The van der Waals surface area contributed by atoms with Crippen molar-refractivity contribution in [1.29, 1.82) is 0 Å². The molecule has 1 aromatic carbocycles. The third-order valence-corrected chi connectivity index (χ3v) is 5.91. The van der Waals surface area contributed by atoms with E-state index in [1.807, 2.05) is 27.7 Å². The number of benzene rings is 1. The number of carbonyl (C=O) groups is 1. The Balaban J connectivity index is 1.76. The van der Waals surface area contributed by atoms with E-state index < -0.39 is 21.8 Å². The lowest BCUT2D eigenvalue weighted by Crippen LogP contribution is -2.50. The Morgan fingerprint density at radius 2 is 1.68 bits per heavy atom. The molecular weight excluding hydrogens is 380 g/mol. The van der Waals surface area contributed by atoms with Gasteiger partial charge in [-0.25, -0.2) is 4.79 Å². The van der Waals surface area contributed by atoms with Gasteiger partial charge in [-0.15, -0.1) is 0 Å². The first kappa shape index (κ1) is 22.6. The number of rotatable bonds is 6. The molecule has 0 aliphatic carbocycles. The van der Waals surface area contributed by atoms with Gasteiger partial charge in [-0.2, -0.15) is 8.42 Å². The third-order valence-electron chi connectivity index (χ3n) is 4.48. The molecule has 158 valence electrons. The number of nitrogens with zero attached hydrogens (tertiary/aromatic N) is 2. The van der Waals surface area contributed by atoms with Crippen molar-refractivity contribution >= 4 is 16.2 Å². The minimum Gasteiger partial charge on any atom is -0.444 e.